The van der Waals surface area contributed by atoms with Gasteiger partial charge in [-0.2, -0.15) is 0 Å². The van der Waals surface area contributed by atoms with Gasteiger partial charge in [0, 0.05) is 17.3 Å². The molecule has 2 rings (SSSR count). The molecule has 0 aliphatic carbocycles. The van der Waals surface area contributed by atoms with Crippen LogP contribution in [0.1, 0.15) is 5.56 Å². The fourth-order valence-corrected chi connectivity index (χ4v) is 1.89. The van der Waals surface area contributed by atoms with Gasteiger partial charge in [-0.1, -0.05) is 41.9 Å². The monoisotopic (exact) mass is 302 g/mol. The Morgan fingerprint density at radius 1 is 0.905 bits per heavy atom. The number of carbonyl (C=O) groups is 2. The molecule has 2 amide bonds. The van der Waals surface area contributed by atoms with Crippen molar-refractivity contribution in [2.45, 2.75) is 6.42 Å². The van der Waals surface area contributed by atoms with Crippen molar-refractivity contribution in [2.75, 3.05) is 11.9 Å². The Morgan fingerprint density at radius 3 is 2.24 bits per heavy atom. The number of anilines is 1. The molecule has 2 N–H and O–H groups in total. The number of rotatable bonds is 4. The maximum absolute atomic E-state index is 11.7. The van der Waals surface area contributed by atoms with E-state index in [0.29, 0.717) is 23.7 Å². The van der Waals surface area contributed by atoms with E-state index in [-0.39, 0.29) is 0 Å². The fourth-order valence-electron chi connectivity index (χ4n) is 1.76. The van der Waals surface area contributed by atoms with Crippen LogP contribution in [0.4, 0.5) is 5.69 Å². The first-order chi connectivity index (χ1) is 10.1. The van der Waals surface area contributed by atoms with Gasteiger partial charge in [-0.15, -0.1) is 0 Å². The van der Waals surface area contributed by atoms with E-state index in [1.54, 1.807) is 36.4 Å². The predicted octanol–water partition coefficient (Wildman–Crippen LogP) is 2.64. The number of amides is 2. The Kier molecular flexibility index (Phi) is 5.35. The molecule has 2 aromatic rings. The molecule has 5 heteroatoms. The zero-order valence-electron chi connectivity index (χ0n) is 11.3. The lowest BCUT2D eigenvalue weighted by molar-refractivity contribution is -0.136. The highest BCUT2D eigenvalue weighted by Gasteiger charge is 2.12. The van der Waals surface area contributed by atoms with E-state index in [9.17, 15) is 9.59 Å². The van der Waals surface area contributed by atoms with Crippen LogP contribution < -0.4 is 10.6 Å². The van der Waals surface area contributed by atoms with Gasteiger partial charge in [-0.25, -0.2) is 0 Å². The Balaban J connectivity index is 1.76. The maximum Gasteiger partial charge on any atom is 0.313 e. The molecule has 21 heavy (non-hydrogen) atoms. The van der Waals surface area contributed by atoms with Gasteiger partial charge >= 0.3 is 11.8 Å². The molecule has 0 spiro atoms. The van der Waals surface area contributed by atoms with E-state index in [2.05, 4.69) is 10.6 Å². The van der Waals surface area contributed by atoms with Gasteiger partial charge in [0.05, 0.1) is 0 Å². The highest BCUT2D eigenvalue weighted by Crippen LogP contribution is 2.09. The normalized spacial score (nSPS) is 9.95. The maximum atomic E-state index is 11.7. The van der Waals surface area contributed by atoms with Crippen LogP contribution in [-0.2, 0) is 16.0 Å². The Bertz CT molecular complexity index is 612. The quantitative estimate of drug-likeness (QED) is 0.853. The van der Waals surface area contributed by atoms with Crippen molar-refractivity contribution in [3.05, 3.63) is 65.2 Å². The summed E-state index contributed by atoms with van der Waals surface area (Å²) in [4.78, 5) is 23.3. The first-order valence-corrected chi connectivity index (χ1v) is 6.91. The number of hydrogen-bond acceptors (Lipinski definition) is 2. The molecule has 0 aliphatic rings. The third-order valence-electron chi connectivity index (χ3n) is 2.85. The van der Waals surface area contributed by atoms with Crippen LogP contribution in [0, 0.1) is 0 Å². The van der Waals surface area contributed by atoms with Crippen molar-refractivity contribution >= 4 is 29.1 Å². The van der Waals surface area contributed by atoms with Gasteiger partial charge in [0.1, 0.15) is 0 Å². The molecule has 0 unspecified atom stereocenters. The van der Waals surface area contributed by atoms with Crippen molar-refractivity contribution in [3.8, 4) is 0 Å². The lowest BCUT2D eigenvalue weighted by Crippen LogP contribution is -2.36. The molecule has 4 nitrogen and oxygen atoms in total. The SMILES string of the molecule is O=C(NCCc1ccc(Cl)cc1)C(=O)Nc1ccccc1. The highest BCUT2D eigenvalue weighted by atomic mass is 35.5. The number of benzene rings is 2. The summed E-state index contributed by atoms with van der Waals surface area (Å²) in [6, 6.07) is 16.2. The zero-order chi connectivity index (χ0) is 15.1. The van der Waals surface area contributed by atoms with Gasteiger partial charge in [-0.05, 0) is 36.2 Å². The lowest BCUT2D eigenvalue weighted by atomic mass is 10.1. The second kappa shape index (κ2) is 7.45. The number of hydrogen-bond donors (Lipinski definition) is 2. The molecule has 0 aliphatic heterocycles. The third-order valence-corrected chi connectivity index (χ3v) is 3.10. The van der Waals surface area contributed by atoms with E-state index in [1.807, 2.05) is 18.2 Å². The molecule has 2 aromatic carbocycles. The van der Waals surface area contributed by atoms with Gasteiger partial charge in [0.25, 0.3) is 0 Å². The summed E-state index contributed by atoms with van der Waals surface area (Å²) in [5.74, 6) is -1.31. The van der Waals surface area contributed by atoms with Gasteiger partial charge in [0.2, 0.25) is 0 Å². The van der Waals surface area contributed by atoms with Crippen LogP contribution in [0.5, 0.6) is 0 Å². The standard InChI is InChI=1S/C16H15ClN2O2/c17-13-8-6-12(7-9-13)10-11-18-15(20)16(21)19-14-4-2-1-3-5-14/h1-9H,10-11H2,(H,18,20)(H,19,21). The van der Waals surface area contributed by atoms with E-state index in [0.717, 1.165) is 5.56 Å². The molecule has 0 atom stereocenters. The molecule has 0 heterocycles. The van der Waals surface area contributed by atoms with Crippen LogP contribution in [0.3, 0.4) is 0 Å². The number of halogens is 1. The Morgan fingerprint density at radius 2 is 1.57 bits per heavy atom. The Hall–Kier alpha value is -2.33. The van der Waals surface area contributed by atoms with E-state index in [1.165, 1.54) is 0 Å². The van der Waals surface area contributed by atoms with Crippen molar-refractivity contribution < 1.29 is 9.59 Å². The number of para-hydroxylation sites is 1. The summed E-state index contributed by atoms with van der Waals surface area (Å²) in [5.41, 5.74) is 1.64. The summed E-state index contributed by atoms with van der Waals surface area (Å²) < 4.78 is 0. The molecule has 0 aromatic heterocycles. The van der Waals surface area contributed by atoms with E-state index < -0.39 is 11.8 Å². The molecule has 0 bridgehead atoms. The average molecular weight is 303 g/mol. The average Bonchev–Trinajstić information content (AvgIpc) is 2.50. The van der Waals surface area contributed by atoms with Gasteiger partial charge in [-0.3, -0.25) is 9.59 Å². The van der Waals surface area contributed by atoms with Crippen LogP contribution in [0.25, 0.3) is 0 Å². The topological polar surface area (TPSA) is 58.2 Å². The number of nitrogens with one attached hydrogen (secondary N) is 2. The summed E-state index contributed by atoms with van der Waals surface area (Å²) >= 11 is 5.79. The van der Waals surface area contributed by atoms with Gasteiger partial charge < -0.3 is 10.6 Å². The molecular formula is C16H15ClN2O2. The fraction of sp³-hybridized carbons (Fsp3) is 0.125. The minimum absolute atomic E-state index is 0.392. The van der Waals surface area contributed by atoms with Crippen molar-refractivity contribution in [1.29, 1.82) is 0 Å². The molecule has 108 valence electrons. The Labute approximate surface area is 128 Å². The molecule has 0 saturated carbocycles. The summed E-state index contributed by atoms with van der Waals surface area (Å²) in [5, 5.41) is 5.78. The summed E-state index contributed by atoms with van der Waals surface area (Å²) in [6.45, 7) is 0.392. The van der Waals surface area contributed by atoms with Gasteiger partial charge in [0.15, 0.2) is 0 Å². The molecule has 0 saturated heterocycles. The molecule has 0 radical (unpaired) electrons. The number of carbonyl (C=O) groups excluding carboxylic acids is 2. The smallest absolute Gasteiger partial charge is 0.313 e. The highest BCUT2D eigenvalue weighted by molar-refractivity contribution is 6.39. The lowest BCUT2D eigenvalue weighted by Gasteiger charge is -2.06. The first kappa shape index (κ1) is 15.1. The van der Waals surface area contributed by atoms with E-state index >= 15 is 0 Å². The second-order valence-corrected chi connectivity index (χ2v) is 4.89. The molecular weight excluding hydrogens is 288 g/mol. The summed E-state index contributed by atoms with van der Waals surface area (Å²) in [7, 11) is 0. The minimum Gasteiger partial charge on any atom is -0.347 e. The minimum atomic E-state index is -0.669. The summed E-state index contributed by atoms with van der Waals surface area (Å²) in [6.07, 6.45) is 0.640. The van der Waals surface area contributed by atoms with Crippen LogP contribution >= 0.6 is 11.6 Å². The molecule has 0 fully saturated rings. The first-order valence-electron chi connectivity index (χ1n) is 6.54. The third kappa shape index (κ3) is 4.93. The van der Waals surface area contributed by atoms with Crippen LogP contribution in [0.2, 0.25) is 5.02 Å². The largest absolute Gasteiger partial charge is 0.347 e. The van der Waals surface area contributed by atoms with Crippen molar-refractivity contribution in [1.82, 2.24) is 5.32 Å². The zero-order valence-corrected chi connectivity index (χ0v) is 12.1. The van der Waals surface area contributed by atoms with Crippen molar-refractivity contribution in [2.24, 2.45) is 0 Å². The van der Waals surface area contributed by atoms with E-state index in [4.69, 9.17) is 11.6 Å². The van der Waals surface area contributed by atoms with Crippen LogP contribution in [0.15, 0.2) is 54.6 Å². The van der Waals surface area contributed by atoms with Crippen LogP contribution in [-0.4, -0.2) is 18.4 Å². The second-order valence-electron chi connectivity index (χ2n) is 4.45. The predicted molar refractivity (Wildman–Crippen MR) is 83.2 cm³/mol. The van der Waals surface area contributed by atoms with Crippen molar-refractivity contribution in [3.63, 3.8) is 0 Å².